The van der Waals surface area contributed by atoms with Crippen molar-refractivity contribution in [3.8, 4) is 0 Å². The zero-order valence-electron chi connectivity index (χ0n) is 9.80. The molecule has 2 nitrogen and oxygen atoms in total. The summed E-state index contributed by atoms with van der Waals surface area (Å²) in [5, 5.41) is 3.76. The third-order valence-electron chi connectivity index (χ3n) is 3.33. The second-order valence-corrected chi connectivity index (χ2v) is 5.46. The van der Waals surface area contributed by atoms with E-state index in [1.54, 1.807) is 0 Å². The number of nitrogens with one attached hydrogen (secondary N) is 1. The van der Waals surface area contributed by atoms with Crippen LogP contribution in [0.5, 0.6) is 0 Å². The summed E-state index contributed by atoms with van der Waals surface area (Å²) in [6.07, 6.45) is 0.565. The molecule has 86 valence electrons. The summed E-state index contributed by atoms with van der Waals surface area (Å²) < 4.78 is 0. The average Bonchev–Trinajstić information content (AvgIpc) is 2.39. The summed E-state index contributed by atoms with van der Waals surface area (Å²) >= 11 is 5.94. The number of aryl methyl sites for hydroxylation is 1. The Kier molecular flexibility index (Phi) is 2.70. The van der Waals surface area contributed by atoms with Crippen molar-refractivity contribution in [1.29, 1.82) is 0 Å². The fourth-order valence-electron chi connectivity index (χ4n) is 2.47. The molecule has 0 radical (unpaired) electrons. The van der Waals surface area contributed by atoms with Gasteiger partial charge in [-0.25, -0.2) is 0 Å². The third kappa shape index (κ3) is 1.94. The molecule has 0 saturated carbocycles. The maximum atomic E-state index is 11.5. The molecule has 1 heterocycles. The van der Waals surface area contributed by atoms with Gasteiger partial charge in [0.1, 0.15) is 0 Å². The van der Waals surface area contributed by atoms with E-state index in [-0.39, 0.29) is 17.4 Å². The lowest BCUT2D eigenvalue weighted by Gasteiger charge is -2.27. The van der Waals surface area contributed by atoms with Crippen molar-refractivity contribution in [2.24, 2.45) is 0 Å². The van der Waals surface area contributed by atoms with Crippen LogP contribution < -0.4 is 5.32 Å². The number of amides is 1. The van der Waals surface area contributed by atoms with Crippen LogP contribution in [0.15, 0.2) is 18.2 Å². The molecule has 0 aliphatic carbocycles. The highest BCUT2D eigenvalue weighted by Gasteiger charge is 2.40. The van der Waals surface area contributed by atoms with Gasteiger partial charge in [-0.15, -0.1) is 0 Å². The number of benzene rings is 1. The van der Waals surface area contributed by atoms with Crippen LogP contribution in [0.2, 0.25) is 5.02 Å². The predicted molar refractivity (Wildman–Crippen MR) is 65.8 cm³/mol. The molecule has 3 heteroatoms. The minimum Gasteiger partial charge on any atom is -0.351 e. The van der Waals surface area contributed by atoms with Crippen molar-refractivity contribution in [3.05, 3.63) is 34.3 Å². The van der Waals surface area contributed by atoms with Crippen LogP contribution in [0.4, 0.5) is 0 Å². The zero-order chi connectivity index (χ0) is 11.9. The van der Waals surface area contributed by atoms with Crippen molar-refractivity contribution >= 4 is 17.5 Å². The molecule has 16 heavy (non-hydrogen) atoms. The van der Waals surface area contributed by atoms with Gasteiger partial charge in [-0.3, -0.25) is 4.79 Å². The molecule has 1 fully saturated rings. The van der Waals surface area contributed by atoms with Gasteiger partial charge in [-0.1, -0.05) is 17.7 Å². The standard InChI is InChI=1S/C13H16ClNO/c1-8-6-9(14)4-5-10(8)11-7-12(16)15-13(11,2)3/h4-6,11H,7H2,1-3H3,(H,15,16). The smallest absolute Gasteiger partial charge is 0.221 e. The number of carbonyl (C=O) groups excluding carboxylic acids is 1. The van der Waals surface area contributed by atoms with Gasteiger partial charge in [0.2, 0.25) is 5.91 Å². The van der Waals surface area contributed by atoms with Crippen LogP contribution in [0.3, 0.4) is 0 Å². The van der Waals surface area contributed by atoms with Crippen molar-refractivity contribution in [2.75, 3.05) is 0 Å². The lowest BCUT2D eigenvalue weighted by Crippen LogP contribution is -2.38. The molecule has 1 saturated heterocycles. The third-order valence-corrected chi connectivity index (χ3v) is 3.56. The minimum absolute atomic E-state index is 0.129. The lowest BCUT2D eigenvalue weighted by atomic mass is 9.81. The van der Waals surface area contributed by atoms with E-state index < -0.39 is 0 Å². The molecule has 1 aromatic carbocycles. The van der Waals surface area contributed by atoms with E-state index in [1.165, 1.54) is 5.56 Å². The van der Waals surface area contributed by atoms with Crippen LogP contribution in [0, 0.1) is 6.92 Å². The molecule has 0 bridgehead atoms. The molecule has 0 aromatic heterocycles. The van der Waals surface area contributed by atoms with E-state index in [1.807, 2.05) is 25.1 Å². The van der Waals surface area contributed by atoms with Crippen LogP contribution in [0.25, 0.3) is 0 Å². The molecule has 1 aliphatic heterocycles. The summed E-state index contributed by atoms with van der Waals surface area (Å²) in [7, 11) is 0. The Bertz CT molecular complexity index is 440. The number of rotatable bonds is 1. The van der Waals surface area contributed by atoms with Crippen LogP contribution in [-0.2, 0) is 4.79 Å². The van der Waals surface area contributed by atoms with Gasteiger partial charge < -0.3 is 5.32 Å². The quantitative estimate of drug-likeness (QED) is 0.799. The molecule has 1 atom stereocenters. The van der Waals surface area contributed by atoms with Gasteiger partial charge in [0.05, 0.1) is 0 Å². The van der Waals surface area contributed by atoms with Crippen LogP contribution >= 0.6 is 11.6 Å². The Morgan fingerprint density at radius 3 is 2.62 bits per heavy atom. The summed E-state index contributed by atoms with van der Waals surface area (Å²) in [5.74, 6) is 0.363. The van der Waals surface area contributed by atoms with Gasteiger partial charge in [0.15, 0.2) is 0 Å². The maximum absolute atomic E-state index is 11.5. The number of halogens is 1. The summed E-state index contributed by atoms with van der Waals surface area (Å²) in [6, 6.07) is 5.88. The van der Waals surface area contributed by atoms with Crippen LogP contribution in [-0.4, -0.2) is 11.4 Å². The van der Waals surface area contributed by atoms with Crippen molar-refractivity contribution in [3.63, 3.8) is 0 Å². The largest absolute Gasteiger partial charge is 0.351 e. The second-order valence-electron chi connectivity index (χ2n) is 5.03. The summed E-state index contributed by atoms with van der Waals surface area (Å²) in [5.41, 5.74) is 2.20. The molecular formula is C13H16ClNO. The van der Waals surface area contributed by atoms with Gasteiger partial charge >= 0.3 is 0 Å². The molecule has 0 spiro atoms. The molecule has 1 unspecified atom stereocenters. The van der Waals surface area contributed by atoms with E-state index in [9.17, 15) is 4.79 Å². The fourth-order valence-corrected chi connectivity index (χ4v) is 2.69. The monoisotopic (exact) mass is 237 g/mol. The SMILES string of the molecule is Cc1cc(Cl)ccc1C1CC(=O)NC1(C)C. The van der Waals surface area contributed by atoms with Gasteiger partial charge in [0.25, 0.3) is 0 Å². The Labute approximate surface area is 101 Å². The number of carbonyl (C=O) groups is 1. The first-order valence-corrected chi connectivity index (χ1v) is 5.85. The van der Waals surface area contributed by atoms with Crippen LogP contribution in [0.1, 0.15) is 37.3 Å². The first-order valence-electron chi connectivity index (χ1n) is 5.47. The first kappa shape index (κ1) is 11.5. The molecule has 1 aliphatic rings. The highest BCUT2D eigenvalue weighted by molar-refractivity contribution is 6.30. The number of hydrogen-bond acceptors (Lipinski definition) is 1. The van der Waals surface area contributed by atoms with Crippen molar-refractivity contribution in [1.82, 2.24) is 5.32 Å². The highest BCUT2D eigenvalue weighted by Crippen LogP contribution is 2.38. The van der Waals surface area contributed by atoms with E-state index in [0.29, 0.717) is 6.42 Å². The first-order chi connectivity index (χ1) is 7.40. The summed E-state index contributed by atoms with van der Waals surface area (Å²) in [6.45, 7) is 6.17. The lowest BCUT2D eigenvalue weighted by molar-refractivity contribution is -0.119. The average molecular weight is 238 g/mol. The van der Waals surface area contributed by atoms with Gasteiger partial charge in [-0.2, -0.15) is 0 Å². The molecule has 1 N–H and O–H groups in total. The molecule has 1 aromatic rings. The summed E-state index contributed by atoms with van der Waals surface area (Å²) in [4.78, 5) is 11.5. The Hall–Kier alpha value is -1.02. The van der Waals surface area contributed by atoms with Crippen molar-refractivity contribution in [2.45, 2.75) is 38.6 Å². The maximum Gasteiger partial charge on any atom is 0.221 e. The van der Waals surface area contributed by atoms with E-state index in [2.05, 4.69) is 19.2 Å². The fraction of sp³-hybridized carbons (Fsp3) is 0.462. The Morgan fingerprint density at radius 2 is 2.12 bits per heavy atom. The topological polar surface area (TPSA) is 29.1 Å². The Morgan fingerprint density at radius 1 is 1.44 bits per heavy atom. The van der Waals surface area contributed by atoms with E-state index >= 15 is 0 Å². The second kappa shape index (κ2) is 3.77. The normalized spacial score (nSPS) is 23.2. The number of hydrogen-bond donors (Lipinski definition) is 1. The van der Waals surface area contributed by atoms with E-state index in [4.69, 9.17) is 11.6 Å². The minimum atomic E-state index is -0.171. The Balaban J connectivity index is 2.41. The zero-order valence-corrected chi connectivity index (χ0v) is 10.6. The predicted octanol–water partition coefficient (Wildman–Crippen LogP) is 3.03. The molecule has 1 amide bonds. The van der Waals surface area contributed by atoms with Crippen molar-refractivity contribution < 1.29 is 4.79 Å². The van der Waals surface area contributed by atoms with Gasteiger partial charge in [-0.05, 0) is 44.0 Å². The van der Waals surface area contributed by atoms with Gasteiger partial charge in [0, 0.05) is 22.9 Å². The molecular weight excluding hydrogens is 222 g/mol. The van der Waals surface area contributed by atoms with E-state index in [0.717, 1.165) is 10.6 Å². The molecule has 2 rings (SSSR count). The highest BCUT2D eigenvalue weighted by atomic mass is 35.5.